The van der Waals surface area contributed by atoms with Gasteiger partial charge < -0.3 is 24.4 Å². The summed E-state index contributed by atoms with van der Waals surface area (Å²) in [5, 5.41) is 11.4. The van der Waals surface area contributed by atoms with Crippen molar-refractivity contribution in [2.75, 3.05) is 39.4 Å². The van der Waals surface area contributed by atoms with E-state index in [0.29, 0.717) is 68.8 Å². The van der Waals surface area contributed by atoms with Crippen LogP contribution in [0.5, 0.6) is 5.75 Å². The van der Waals surface area contributed by atoms with Crippen LogP contribution in [0.25, 0.3) is 0 Å². The van der Waals surface area contributed by atoms with E-state index in [4.69, 9.17) is 9.47 Å². The first-order valence-corrected chi connectivity index (χ1v) is 13.6. The van der Waals surface area contributed by atoms with Crippen molar-refractivity contribution in [2.45, 2.75) is 63.2 Å². The molecule has 2 amide bonds. The molecule has 5 rings (SSSR count). The molecule has 11 heteroatoms. The zero-order valence-electron chi connectivity index (χ0n) is 22.5. The van der Waals surface area contributed by atoms with Gasteiger partial charge in [-0.1, -0.05) is 0 Å². The molecule has 3 aliphatic rings. The molecule has 0 unspecified atom stereocenters. The topological polar surface area (TPSA) is 134 Å². The van der Waals surface area contributed by atoms with Crippen molar-refractivity contribution in [2.24, 2.45) is 0 Å². The van der Waals surface area contributed by atoms with Crippen molar-refractivity contribution in [3.63, 3.8) is 0 Å². The minimum absolute atomic E-state index is 0.0743. The summed E-state index contributed by atoms with van der Waals surface area (Å²) in [5.74, 6) is 0.749. The number of ether oxygens (including phenoxy) is 2. The van der Waals surface area contributed by atoms with Crippen molar-refractivity contribution in [1.29, 1.82) is 0 Å². The number of nitrogens with zero attached hydrogens (tertiary/aromatic N) is 3. The summed E-state index contributed by atoms with van der Waals surface area (Å²) in [4.78, 5) is 54.9. The minimum Gasteiger partial charge on any atom is -0.492 e. The largest absolute Gasteiger partial charge is 0.492 e. The first kappa shape index (κ1) is 27.1. The van der Waals surface area contributed by atoms with Gasteiger partial charge in [-0.3, -0.25) is 23.9 Å². The fourth-order valence-electron chi connectivity index (χ4n) is 5.98. The highest BCUT2D eigenvalue weighted by molar-refractivity contribution is 5.94. The molecule has 0 radical (unpaired) electrons. The number of aliphatic hydroxyl groups is 1. The molecule has 3 fully saturated rings. The van der Waals surface area contributed by atoms with Crippen LogP contribution in [0.15, 0.2) is 40.1 Å². The molecule has 11 nitrogen and oxygen atoms in total. The molecule has 4 heterocycles. The van der Waals surface area contributed by atoms with E-state index in [9.17, 15) is 24.3 Å². The van der Waals surface area contributed by atoms with E-state index >= 15 is 0 Å². The van der Waals surface area contributed by atoms with Crippen LogP contribution < -0.4 is 16.0 Å². The molecule has 1 aromatic heterocycles. The van der Waals surface area contributed by atoms with Crippen LogP contribution >= 0.6 is 0 Å². The Balaban J connectivity index is 1.15. The van der Waals surface area contributed by atoms with Gasteiger partial charge in [0.05, 0.1) is 30.4 Å². The fraction of sp³-hybridized carbons (Fsp3) is 0.571. The van der Waals surface area contributed by atoms with Gasteiger partial charge in [0, 0.05) is 49.8 Å². The third-order valence-electron chi connectivity index (χ3n) is 8.29. The van der Waals surface area contributed by atoms with Crippen molar-refractivity contribution in [3.8, 4) is 5.75 Å². The standard InChI is InChI=1S/C28H36N4O7/c1-19-16-32(26(36)29-24(19)34)22-17-39-28(18-27(22,2)37)9-12-31(13-10-28)25(35)20-5-7-21(8-6-20)38-15-14-30-11-3-4-23(30)33/h5-8,16,22,37H,3-4,9-15,17-18H2,1-2H3,(H,29,34,36)/t22-,27-/m0/s1. The van der Waals surface area contributed by atoms with Gasteiger partial charge in [0.25, 0.3) is 11.5 Å². The highest BCUT2D eigenvalue weighted by Crippen LogP contribution is 2.43. The summed E-state index contributed by atoms with van der Waals surface area (Å²) < 4.78 is 13.4. The highest BCUT2D eigenvalue weighted by atomic mass is 16.5. The van der Waals surface area contributed by atoms with Gasteiger partial charge in [0.1, 0.15) is 12.4 Å². The maximum absolute atomic E-state index is 13.2. The number of aryl methyl sites for hydroxylation is 1. The summed E-state index contributed by atoms with van der Waals surface area (Å²) in [6.07, 6.45) is 4.42. The summed E-state index contributed by atoms with van der Waals surface area (Å²) in [6.45, 7) is 6.16. The Bertz CT molecular complexity index is 1340. The molecule has 2 N–H and O–H groups in total. The lowest BCUT2D eigenvalue weighted by molar-refractivity contribution is -0.195. The quantitative estimate of drug-likeness (QED) is 0.563. The highest BCUT2D eigenvalue weighted by Gasteiger charge is 2.50. The lowest BCUT2D eigenvalue weighted by Gasteiger charge is -2.51. The average molecular weight is 541 g/mol. The van der Waals surface area contributed by atoms with Crippen molar-refractivity contribution < 1.29 is 24.2 Å². The number of benzene rings is 1. The summed E-state index contributed by atoms with van der Waals surface area (Å²) in [7, 11) is 0. The number of rotatable bonds is 6. The molecule has 2 aromatic rings. The second-order valence-electron chi connectivity index (χ2n) is 11.2. The van der Waals surface area contributed by atoms with Crippen LogP contribution in [0.3, 0.4) is 0 Å². The number of amides is 2. The van der Waals surface area contributed by atoms with Crippen molar-refractivity contribution in [3.05, 3.63) is 62.4 Å². The number of nitrogens with one attached hydrogen (secondary N) is 1. The molecule has 210 valence electrons. The van der Waals surface area contributed by atoms with Gasteiger partial charge in [0.2, 0.25) is 5.91 Å². The summed E-state index contributed by atoms with van der Waals surface area (Å²) >= 11 is 0. The molecule has 0 aliphatic carbocycles. The van der Waals surface area contributed by atoms with Crippen molar-refractivity contribution >= 4 is 11.8 Å². The van der Waals surface area contributed by atoms with Crippen LogP contribution in [-0.2, 0) is 9.53 Å². The van der Waals surface area contributed by atoms with E-state index in [1.807, 2.05) is 0 Å². The Kier molecular flexibility index (Phi) is 7.39. The predicted molar refractivity (Wildman–Crippen MR) is 142 cm³/mol. The number of hydrogen-bond acceptors (Lipinski definition) is 7. The molecule has 39 heavy (non-hydrogen) atoms. The number of aromatic amines is 1. The number of likely N-dealkylation sites (tertiary alicyclic amines) is 2. The van der Waals surface area contributed by atoms with Crippen molar-refractivity contribution in [1.82, 2.24) is 19.4 Å². The molecule has 0 saturated carbocycles. The Morgan fingerprint density at radius 1 is 1.15 bits per heavy atom. The monoisotopic (exact) mass is 540 g/mol. The second-order valence-corrected chi connectivity index (χ2v) is 11.2. The summed E-state index contributed by atoms with van der Waals surface area (Å²) in [5.41, 5.74) is -1.90. The first-order valence-electron chi connectivity index (χ1n) is 13.6. The number of H-pyrrole nitrogens is 1. The van der Waals surface area contributed by atoms with E-state index in [2.05, 4.69) is 4.98 Å². The zero-order chi connectivity index (χ0) is 27.8. The lowest BCUT2D eigenvalue weighted by Crippen LogP contribution is -2.59. The van der Waals surface area contributed by atoms with Gasteiger partial charge >= 0.3 is 5.69 Å². The Labute approximate surface area is 226 Å². The van der Waals surface area contributed by atoms with E-state index in [1.165, 1.54) is 10.8 Å². The predicted octanol–water partition coefficient (Wildman–Crippen LogP) is 1.23. The van der Waals surface area contributed by atoms with Gasteiger partial charge in [-0.15, -0.1) is 0 Å². The Morgan fingerprint density at radius 3 is 2.51 bits per heavy atom. The summed E-state index contributed by atoms with van der Waals surface area (Å²) in [6, 6.07) is 6.40. The van der Waals surface area contributed by atoms with Gasteiger partial charge in [-0.2, -0.15) is 0 Å². The molecular weight excluding hydrogens is 504 g/mol. The van der Waals surface area contributed by atoms with Crippen LogP contribution in [0, 0.1) is 6.92 Å². The number of piperidine rings is 1. The molecule has 1 aromatic carbocycles. The average Bonchev–Trinajstić information content (AvgIpc) is 3.31. The fourth-order valence-corrected chi connectivity index (χ4v) is 5.98. The SMILES string of the molecule is Cc1cn([C@H]2COC3(CCN(C(=O)c4ccc(OCCN5CCCC5=O)cc4)CC3)C[C@]2(C)O)c(=O)[nH]c1=O. The lowest BCUT2D eigenvalue weighted by atomic mass is 9.75. The van der Waals surface area contributed by atoms with Crippen LogP contribution in [0.2, 0.25) is 0 Å². The third-order valence-corrected chi connectivity index (χ3v) is 8.29. The maximum atomic E-state index is 13.2. The van der Waals surface area contributed by atoms with Gasteiger partial charge in [-0.05, 0) is 57.4 Å². The molecule has 3 aliphatic heterocycles. The smallest absolute Gasteiger partial charge is 0.328 e. The minimum atomic E-state index is -1.24. The Morgan fingerprint density at radius 2 is 1.87 bits per heavy atom. The number of carbonyl (C=O) groups is 2. The molecule has 0 bridgehead atoms. The van der Waals surface area contributed by atoms with Gasteiger partial charge in [-0.25, -0.2) is 4.79 Å². The van der Waals surface area contributed by atoms with Crippen LogP contribution in [0.1, 0.15) is 61.0 Å². The first-order chi connectivity index (χ1) is 18.6. The van der Waals surface area contributed by atoms with Crippen LogP contribution in [-0.4, -0.2) is 86.9 Å². The van der Waals surface area contributed by atoms with E-state index < -0.39 is 28.5 Å². The number of hydrogen-bond donors (Lipinski definition) is 2. The number of aromatic nitrogens is 2. The third kappa shape index (κ3) is 5.65. The number of carbonyl (C=O) groups excluding carboxylic acids is 2. The second kappa shape index (κ2) is 10.6. The maximum Gasteiger partial charge on any atom is 0.328 e. The molecule has 3 saturated heterocycles. The zero-order valence-corrected chi connectivity index (χ0v) is 22.5. The normalized spacial score (nSPS) is 24.8. The molecule has 2 atom stereocenters. The molecular formula is C28H36N4O7. The van der Waals surface area contributed by atoms with E-state index in [-0.39, 0.29) is 18.4 Å². The Hall–Kier alpha value is -3.44. The van der Waals surface area contributed by atoms with E-state index in [1.54, 1.807) is 47.9 Å². The molecule has 1 spiro atoms. The van der Waals surface area contributed by atoms with Crippen LogP contribution in [0.4, 0.5) is 0 Å². The van der Waals surface area contributed by atoms with Gasteiger partial charge in [0.15, 0.2) is 0 Å². The van der Waals surface area contributed by atoms with E-state index in [0.717, 1.165) is 13.0 Å².